The minimum absolute atomic E-state index is 0.182. The van der Waals surface area contributed by atoms with Crippen LogP contribution in [-0.2, 0) is 11.2 Å². The Morgan fingerprint density at radius 1 is 1.29 bits per heavy atom. The van der Waals surface area contributed by atoms with E-state index in [9.17, 15) is 4.79 Å². The van der Waals surface area contributed by atoms with E-state index in [1.807, 2.05) is 30.3 Å². The first-order valence-corrected chi connectivity index (χ1v) is 8.46. The van der Waals surface area contributed by atoms with Crippen LogP contribution in [-0.4, -0.2) is 18.7 Å². The van der Waals surface area contributed by atoms with Gasteiger partial charge in [0.25, 0.3) is 0 Å². The number of nitrogens with two attached hydrogens (primary N) is 1. The van der Waals surface area contributed by atoms with Gasteiger partial charge in [0, 0.05) is 5.69 Å². The Kier molecular flexibility index (Phi) is 6.81. The summed E-state index contributed by atoms with van der Waals surface area (Å²) in [7, 11) is 0. The smallest absolute Gasteiger partial charge is 0.244 e. The van der Waals surface area contributed by atoms with Crippen LogP contribution in [0.2, 0.25) is 0 Å². The highest BCUT2D eigenvalue weighted by atomic mass is 79.9. The molecule has 5 nitrogen and oxygen atoms in total. The maximum atomic E-state index is 11.8. The second kappa shape index (κ2) is 9.08. The zero-order chi connectivity index (χ0) is 17.4. The van der Waals surface area contributed by atoms with Crippen LogP contribution in [0.1, 0.15) is 24.5 Å². The fraction of sp³-hybridized carbons (Fsp3) is 0.222. The number of anilines is 1. The van der Waals surface area contributed by atoms with Crippen molar-refractivity contribution in [3.05, 3.63) is 58.1 Å². The monoisotopic (exact) mass is 389 g/mol. The van der Waals surface area contributed by atoms with Crippen molar-refractivity contribution >= 4 is 33.7 Å². The fourth-order valence-electron chi connectivity index (χ4n) is 1.97. The zero-order valence-electron chi connectivity index (χ0n) is 13.5. The van der Waals surface area contributed by atoms with Crippen LogP contribution in [0.5, 0.6) is 5.75 Å². The van der Waals surface area contributed by atoms with Gasteiger partial charge in [-0.15, -0.1) is 0 Å². The Hall–Kier alpha value is -2.34. The van der Waals surface area contributed by atoms with E-state index in [-0.39, 0.29) is 12.3 Å². The number of amides is 1. The van der Waals surface area contributed by atoms with E-state index in [1.54, 1.807) is 18.3 Å². The van der Waals surface area contributed by atoms with E-state index in [4.69, 9.17) is 10.5 Å². The number of benzene rings is 2. The molecule has 0 saturated carbocycles. The van der Waals surface area contributed by atoms with Crippen molar-refractivity contribution < 1.29 is 9.53 Å². The van der Waals surface area contributed by atoms with Crippen LogP contribution >= 0.6 is 15.9 Å². The maximum absolute atomic E-state index is 11.8. The third kappa shape index (κ3) is 5.70. The van der Waals surface area contributed by atoms with Crippen molar-refractivity contribution in [2.24, 2.45) is 5.10 Å². The average molecular weight is 390 g/mol. The molecular weight excluding hydrogens is 370 g/mol. The molecule has 0 aliphatic heterocycles. The molecule has 0 bridgehead atoms. The maximum Gasteiger partial charge on any atom is 0.244 e. The zero-order valence-corrected chi connectivity index (χ0v) is 15.0. The predicted octanol–water partition coefficient (Wildman–Crippen LogP) is 3.51. The third-order valence-electron chi connectivity index (χ3n) is 3.16. The van der Waals surface area contributed by atoms with Crippen LogP contribution in [0, 0.1) is 0 Å². The van der Waals surface area contributed by atoms with Crippen molar-refractivity contribution in [1.82, 2.24) is 5.43 Å². The standard InChI is InChI=1S/C18H20BrN3O2/c1-2-9-24-17-8-5-14(10-16(17)19)12-21-22-18(23)11-13-3-6-15(20)7-4-13/h3-8,10,12H,2,9,11,20H2,1H3,(H,22,23)/b21-12-. The first-order chi connectivity index (χ1) is 11.6. The molecule has 2 aromatic carbocycles. The van der Waals surface area contributed by atoms with E-state index in [0.29, 0.717) is 12.3 Å². The molecule has 0 saturated heterocycles. The summed E-state index contributed by atoms with van der Waals surface area (Å²) in [6.07, 6.45) is 2.80. The van der Waals surface area contributed by atoms with Crippen LogP contribution in [0.15, 0.2) is 52.0 Å². The second-order valence-electron chi connectivity index (χ2n) is 5.25. The molecule has 2 rings (SSSR count). The van der Waals surface area contributed by atoms with Crippen LogP contribution in [0.25, 0.3) is 0 Å². The summed E-state index contributed by atoms with van der Waals surface area (Å²) in [5.41, 5.74) is 10.6. The van der Waals surface area contributed by atoms with Gasteiger partial charge in [0.05, 0.1) is 23.7 Å². The first kappa shape index (κ1) is 18.0. The summed E-state index contributed by atoms with van der Waals surface area (Å²) in [6, 6.07) is 12.8. The van der Waals surface area contributed by atoms with Crippen LogP contribution in [0.4, 0.5) is 5.69 Å². The minimum Gasteiger partial charge on any atom is -0.492 e. The van der Waals surface area contributed by atoms with Crippen molar-refractivity contribution in [3.8, 4) is 5.75 Å². The Morgan fingerprint density at radius 3 is 2.71 bits per heavy atom. The van der Waals surface area contributed by atoms with E-state index in [0.717, 1.165) is 27.8 Å². The topological polar surface area (TPSA) is 76.7 Å². The molecule has 3 N–H and O–H groups in total. The van der Waals surface area contributed by atoms with Gasteiger partial charge in [0.1, 0.15) is 5.75 Å². The van der Waals surface area contributed by atoms with E-state index in [2.05, 4.69) is 33.4 Å². The molecule has 0 heterocycles. The predicted molar refractivity (Wildman–Crippen MR) is 100 cm³/mol. The lowest BCUT2D eigenvalue weighted by molar-refractivity contribution is -0.120. The Balaban J connectivity index is 1.87. The lowest BCUT2D eigenvalue weighted by Crippen LogP contribution is -2.19. The summed E-state index contributed by atoms with van der Waals surface area (Å²) in [5.74, 6) is 0.611. The van der Waals surface area contributed by atoms with Crippen molar-refractivity contribution in [1.29, 1.82) is 0 Å². The number of hydrogen-bond acceptors (Lipinski definition) is 4. The van der Waals surface area contributed by atoms with Crippen LogP contribution < -0.4 is 15.9 Å². The molecule has 0 aliphatic rings. The summed E-state index contributed by atoms with van der Waals surface area (Å²) in [5, 5.41) is 3.98. The molecule has 6 heteroatoms. The first-order valence-electron chi connectivity index (χ1n) is 7.67. The Bertz CT molecular complexity index is 715. The third-order valence-corrected chi connectivity index (χ3v) is 3.78. The quantitative estimate of drug-likeness (QED) is 0.432. The highest BCUT2D eigenvalue weighted by Gasteiger charge is 2.03. The summed E-state index contributed by atoms with van der Waals surface area (Å²) >= 11 is 3.46. The molecule has 0 radical (unpaired) electrons. The lowest BCUT2D eigenvalue weighted by atomic mass is 10.1. The molecular formula is C18H20BrN3O2. The van der Waals surface area contributed by atoms with E-state index in [1.165, 1.54) is 0 Å². The summed E-state index contributed by atoms with van der Waals surface area (Å²) in [6.45, 7) is 2.73. The number of hydrazone groups is 1. The molecule has 0 unspecified atom stereocenters. The van der Waals surface area contributed by atoms with Gasteiger partial charge < -0.3 is 10.5 Å². The van der Waals surface area contributed by atoms with Gasteiger partial charge in [0.2, 0.25) is 5.91 Å². The Morgan fingerprint density at radius 2 is 2.04 bits per heavy atom. The molecule has 0 aliphatic carbocycles. The molecule has 126 valence electrons. The number of nitrogens with one attached hydrogen (secondary N) is 1. The molecule has 2 aromatic rings. The fourth-order valence-corrected chi connectivity index (χ4v) is 2.48. The molecule has 0 spiro atoms. The SMILES string of the molecule is CCCOc1ccc(/C=N\NC(=O)Cc2ccc(N)cc2)cc1Br. The normalized spacial score (nSPS) is 10.8. The highest BCUT2D eigenvalue weighted by Crippen LogP contribution is 2.25. The molecule has 0 fully saturated rings. The van der Waals surface area contributed by atoms with Gasteiger partial charge in [-0.1, -0.05) is 19.1 Å². The molecule has 1 amide bonds. The van der Waals surface area contributed by atoms with Gasteiger partial charge in [-0.2, -0.15) is 5.10 Å². The lowest BCUT2D eigenvalue weighted by Gasteiger charge is -2.07. The minimum atomic E-state index is -0.182. The largest absolute Gasteiger partial charge is 0.492 e. The van der Waals surface area contributed by atoms with Gasteiger partial charge in [-0.3, -0.25) is 4.79 Å². The van der Waals surface area contributed by atoms with Gasteiger partial charge in [-0.05, 0) is 63.8 Å². The van der Waals surface area contributed by atoms with Crippen molar-refractivity contribution in [3.63, 3.8) is 0 Å². The number of rotatable bonds is 7. The second-order valence-corrected chi connectivity index (χ2v) is 6.10. The number of nitrogens with zero attached hydrogens (tertiary/aromatic N) is 1. The van der Waals surface area contributed by atoms with Crippen molar-refractivity contribution in [2.45, 2.75) is 19.8 Å². The number of ether oxygens (including phenoxy) is 1. The summed E-state index contributed by atoms with van der Waals surface area (Å²) in [4.78, 5) is 11.8. The number of carbonyl (C=O) groups is 1. The van der Waals surface area contributed by atoms with E-state index >= 15 is 0 Å². The van der Waals surface area contributed by atoms with Crippen LogP contribution in [0.3, 0.4) is 0 Å². The number of hydrogen-bond donors (Lipinski definition) is 2. The molecule has 24 heavy (non-hydrogen) atoms. The van der Waals surface area contributed by atoms with Crippen molar-refractivity contribution in [2.75, 3.05) is 12.3 Å². The van der Waals surface area contributed by atoms with Gasteiger partial charge in [0.15, 0.2) is 0 Å². The molecule has 0 aromatic heterocycles. The highest BCUT2D eigenvalue weighted by molar-refractivity contribution is 9.10. The number of carbonyl (C=O) groups excluding carboxylic acids is 1. The molecule has 0 atom stereocenters. The number of nitrogen functional groups attached to an aromatic ring is 1. The Labute approximate surface area is 150 Å². The summed E-state index contributed by atoms with van der Waals surface area (Å²) < 4.78 is 6.44. The van der Waals surface area contributed by atoms with Gasteiger partial charge in [-0.25, -0.2) is 5.43 Å². The van der Waals surface area contributed by atoms with E-state index < -0.39 is 0 Å². The average Bonchev–Trinajstić information content (AvgIpc) is 2.56. The van der Waals surface area contributed by atoms with Gasteiger partial charge >= 0.3 is 0 Å². The number of halogens is 1.